The van der Waals surface area contributed by atoms with E-state index in [9.17, 15) is 13.2 Å². The molecular formula is C5H4ClNO3S. The summed E-state index contributed by atoms with van der Waals surface area (Å²) in [5.74, 6) is 0. The number of hydrogen-bond acceptors (Lipinski definition) is 3. The zero-order valence-electron chi connectivity index (χ0n) is 5.24. The number of sulfonamides is 1. The molecule has 6 heteroatoms. The normalized spacial score (nSPS) is 20.3. The minimum Gasteiger partial charge on any atom is -0.275 e. The average molecular weight is 194 g/mol. The molecule has 1 aliphatic rings. The molecule has 11 heavy (non-hydrogen) atoms. The van der Waals surface area contributed by atoms with E-state index in [1.807, 2.05) is 4.72 Å². The van der Waals surface area contributed by atoms with Gasteiger partial charge >= 0.3 is 0 Å². The molecule has 4 nitrogen and oxygen atoms in total. The maximum Gasteiger partial charge on any atom is 0.269 e. The Morgan fingerprint density at radius 1 is 1.55 bits per heavy atom. The first-order valence-corrected chi connectivity index (χ1v) is 4.55. The van der Waals surface area contributed by atoms with Crippen molar-refractivity contribution in [3.8, 4) is 0 Å². The van der Waals surface area contributed by atoms with E-state index in [0.717, 1.165) is 5.41 Å². The summed E-state index contributed by atoms with van der Waals surface area (Å²) in [5.41, 5.74) is -0.130. The van der Waals surface area contributed by atoms with Gasteiger partial charge in [-0.15, -0.1) is 0 Å². The van der Waals surface area contributed by atoms with Crippen LogP contribution in [0.25, 0.3) is 0 Å². The summed E-state index contributed by atoms with van der Waals surface area (Å²) in [6.45, 7) is 0. The number of rotatable bonds is 1. The van der Waals surface area contributed by atoms with E-state index >= 15 is 0 Å². The first-order valence-electron chi connectivity index (χ1n) is 2.62. The van der Waals surface area contributed by atoms with Crippen LogP contribution < -0.4 is 4.72 Å². The molecule has 1 N–H and O–H groups in total. The van der Waals surface area contributed by atoms with Crippen molar-refractivity contribution in [3.63, 3.8) is 0 Å². The molecule has 0 saturated heterocycles. The van der Waals surface area contributed by atoms with Crippen LogP contribution in [0.15, 0.2) is 23.3 Å². The minimum atomic E-state index is -3.48. The average Bonchev–Trinajstić information content (AvgIpc) is 1.85. The van der Waals surface area contributed by atoms with Gasteiger partial charge in [-0.2, -0.15) is 0 Å². The second-order valence-corrected chi connectivity index (χ2v) is 3.74. The Morgan fingerprint density at radius 3 is 2.55 bits per heavy atom. The summed E-state index contributed by atoms with van der Waals surface area (Å²) in [6, 6.07) is 0. The van der Waals surface area contributed by atoms with E-state index in [1.165, 1.54) is 12.2 Å². The van der Waals surface area contributed by atoms with Gasteiger partial charge in [0.15, 0.2) is 0 Å². The van der Waals surface area contributed by atoms with Crippen molar-refractivity contribution in [1.29, 1.82) is 0 Å². The zero-order chi connectivity index (χ0) is 8.48. The van der Waals surface area contributed by atoms with Gasteiger partial charge in [0.1, 0.15) is 5.70 Å². The zero-order valence-corrected chi connectivity index (χ0v) is 6.82. The number of halogens is 1. The number of carbonyl (C=O) groups excluding carboxylic acids is 1. The summed E-state index contributed by atoms with van der Waals surface area (Å²) < 4.78 is 23.4. The SMILES string of the molecule is O=C(Cl)C1=CC=CS(=O)(=O)N1. The Bertz CT molecular complexity index is 341. The van der Waals surface area contributed by atoms with Gasteiger partial charge in [-0.05, 0) is 23.8 Å². The van der Waals surface area contributed by atoms with Gasteiger partial charge in [0, 0.05) is 0 Å². The third-order valence-corrected chi connectivity index (χ3v) is 2.21. The van der Waals surface area contributed by atoms with Crippen LogP contribution in [0.3, 0.4) is 0 Å². The molecule has 0 aromatic carbocycles. The highest BCUT2D eigenvalue weighted by Gasteiger charge is 2.15. The molecule has 1 heterocycles. The molecule has 0 radical (unpaired) electrons. The Morgan fingerprint density at radius 2 is 2.18 bits per heavy atom. The maximum atomic E-state index is 10.7. The van der Waals surface area contributed by atoms with Crippen LogP contribution in [0.5, 0.6) is 0 Å². The molecule has 0 amide bonds. The summed E-state index contributed by atoms with van der Waals surface area (Å²) in [7, 11) is -3.48. The van der Waals surface area contributed by atoms with Crippen LogP contribution in [0, 0.1) is 0 Å². The lowest BCUT2D eigenvalue weighted by atomic mass is 10.4. The molecule has 0 aromatic heterocycles. The lowest BCUT2D eigenvalue weighted by Gasteiger charge is -2.06. The van der Waals surface area contributed by atoms with Gasteiger partial charge in [0.05, 0.1) is 5.41 Å². The molecule has 60 valence electrons. The van der Waals surface area contributed by atoms with Gasteiger partial charge in [-0.1, -0.05) is 0 Å². The van der Waals surface area contributed by atoms with Gasteiger partial charge < -0.3 is 0 Å². The van der Waals surface area contributed by atoms with Gasteiger partial charge in [-0.25, -0.2) is 8.42 Å². The Labute approximate surface area is 68.6 Å². The lowest BCUT2D eigenvalue weighted by Crippen LogP contribution is -2.25. The molecule has 0 unspecified atom stereocenters. The first kappa shape index (κ1) is 8.29. The number of allylic oxidation sites excluding steroid dienone is 3. The van der Waals surface area contributed by atoms with E-state index in [4.69, 9.17) is 11.6 Å². The van der Waals surface area contributed by atoms with Gasteiger partial charge in [0.2, 0.25) is 0 Å². The number of hydrogen-bond donors (Lipinski definition) is 1. The Hall–Kier alpha value is -0.810. The van der Waals surface area contributed by atoms with Crippen LogP contribution in [0.2, 0.25) is 0 Å². The molecule has 1 aliphatic heterocycles. The standard InChI is InChI=1S/C5H4ClNO3S/c6-5(8)4-2-1-3-11(9,10)7-4/h1-3,7H. The monoisotopic (exact) mass is 193 g/mol. The van der Waals surface area contributed by atoms with Crippen molar-refractivity contribution in [2.75, 3.05) is 0 Å². The molecule has 0 bridgehead atoms. The quantitative estimate of drug-likeness (QED) is 0.600. The summed E-state index contributed by atoms with van der Waals surface area (Å²) in [6.07, 6.45) is 2.53. The molecule has 1 rings (SSSR count). The second kappa shape index (κ2) is 2.67. The van der Waals surface area contributed by atoms with Crippen LogP contribution in [0.4, 0.5) is 0 Å². The number of nitrogens with one attached hydrogen (secondary N) is 1. The molecule has 0 fully saturated rings. The lowest BCUT2D eigenvalue weighted by molar-refractivity contribution is -0.108. The van der Waals surface area contributed by atoms with E-state index in [-0.39, 0.29) is 5.70 Å². The molecule has 0 aromatic rings. The fourth-order valence-corrected chi connectivity index (χ4v) is 1.55. The molecule has 0 atom stereocenters. The van der Waals surface area contributed by atoms with Crippen LogP contribution in [-0.4, -0.2) is 13.7 Å². The van der Waals surface area contributed by atoms with E-state index in [2.05, 4.69) is 0 Å². The van der Waals surface area contributed by atoms with Crippen molar-refractivity contribution < 1.29 is 13.2 Å². The largest absolute Gasteiger partial charge is 0.275 e. The highest BCUT2D eigenvalue weighted by atomic mass is 35.5. The predicted molar refractivity (Wildman–Crippen MR) is 40.1 cm³/mol. The van der Waals surface area contributed by atoms with Crippen molar-refractivity contribution in [2.45, 2.75) is 0 Å². The van der Waals surface area contributed by atoms with Crippen LogP contribution in [-0.2, 0) is 14.8 Å². The smallest absolute Gasteiger partial charge is 0.269 e. The minimum absolute atomic E-state index is 0.130. The first-order chi connectivity index (χ1) is 5.01. The Balaban J connectivity index is 2.99. The van der Waals surface area contributed by atoms with E-state index in [1.54, 1.807) is 0 Å². The maximum absolute atomic E-state index is 10.7. The van der Waals surface area contributed by atoms with Crippen molar-refractivity contribution in [3.05, 3.63) is 23.3 Å². The van der Waals surface area contributed by atoms with Crippen LogP contribution in [0.1, 0.15) is 0 Å². The van der Waals surface area contributed by atoms with Gasteiger partial charge in [-0.3, -0.25) is 9.52 Å². The van der Waals surface area contributed by atoms with Crippen molar-refractivity contribution >= 4 is 26.9 Å². The molecule has 0 spiro atoms. The third kappa shape index (κ3) is 2.06. The fraction of sp³-hybridized carbons (Fsp3) is 0. The van der Waals surface area contributed by atoms with Crippen molar-refractivity contribution in [1.82, 2.24) is 4.72 Å². The third-order valence-electron chi connectivity index (χ3n) is 0.985. The van der Waals surface area contributed by atoms with Crippen molar-refractivity contribution in [2.24, 2.45) is 0 Å². The highest BCUT2D eigenvalue weighted by molar-refractivity contribution is 7.92. The summed E-state index contributed by atoms with van der Waals surface area (Å²) in [5, 5.41) is 0.119. The van der Waals surface area contributed by atoms with E-state index in [0.29, 0.717) is 0 Å². The molecular weight excluding hydrogens is 190 g/mol. The number of carbonyl (C=O) groups is 1. The summed E-state index contributed by atoms with van der Waals surface area (Å²) >= 11 is 5.02. The van der Waals surface area contributed by atoms with E-state index < -0.39 is 15.3 Å². The predicted octanol–water partition coefficient (Wildman–Crippen LogP) is 0.0824. The topological polar surface area (TPSA) is 63.2 Å². The van der Waals surface area contributed by atoms with Crippen LogP contribution >= 0.6 is 11.6 Å². The second-order valence-electron chi connectivity index (χ2n) is 1.83. The molecule has 0 saturated carbocycles. The fourth-order valence-electron chi connectivity index (χ4n) is 0.566. The summed E-state index contributed by atoms with van der Waals surface area (Å²) in [4.78, 5) is 10.4. The molecule has 0 aliphatic carbocycles. The highest BCUT2D eigenvalue weighted by Crippen LogP contribution is 2.05. The Kier molecular flexibility index (Phi) is 2.01. The van der Waals surface area contributed by atoms with Gasteiger partial charge in [0.25, 0.3) is 15.3 Å².